The highest BCUT2D eigenvalue weighted by molar-refractivity contribution is 5.84. The molecule has 0 amide bonds. The number of aromatic hydroxyl groups is 1. The first-order chi connectivity index (χ1) is 9.07. The van der Waals surface area contributed by atoms with Crippen LogP contribution in [0.1, 0.15) is 52.7 Å². The van der Waals surface area contributed by atoms with Crippen molar-refractivity contribution >= 4 is 6.21 Å². The van der Waals surface area contributed by atoms with Crippen LogP contribution in [0.2, 0.25) is 0 Å². The average molecular weight is 277 g/mol. The summed E-state index contributed by atoms with van der Waals surface area (Å²) in [5.41, 5.74) is 1.37. The second-order valence-electron chi connectivity index (χ2n) is 7.34. The molecule has 2 N–H and O–H groups in total. The predicted octanol–water partition coefficient (Wildman–Crippen LogP) is 3.52. The van der Waals surface area contributed by atoms with E-state index in [1.54, 1.807) is 6.21 Å². The lowest BCUT2D eigenvalue weighted by Gasteiger charge is -2.25. The second kappa shape index (κ2) is 5.96. The first-order valence-electron chi connectivity index (χ1n) is 7.04. The van der Waals surface area contributed by atoms with E-state index in [0.29, 0.717) is 5.56 Å². The van der Waals surface area contributed by atoms with E-state index in [2.05, 4.69) is 25.8 Å². The van der Waals surface area contributed by atoms with Crippen molar-refractivity contribution in [1.29, 1.82) is 0 Å². The van der Waals surface area contributed by atoms with E-state index in [-0.39, 0.29) is 29.2 Å². The Morgan fingerprint density at radius 2 is 1.75 bits per heavy atom. The van der Waals surface area contributed by atoms with Gasteiger partial charge in [0, 0.05) is 11.8 Å². The molecule has 0 aliphatic carbocycles. The number of phenols is 1. The van der Waals surface area contributed by atoms with Crippen LogP contribution in [0, 0.1) is 5.41 Å². The Balaban J connectivity index is 3.11. The molecule has 20 heavy (non-hydrogen) atoms. The Kier molecular flexibility index (Phi) is 4.98. The van der Waals surface area contributed by atoms with Crippen LogP contribution in [0.4, 0.5) is 0 Å². The molecule has 1 aromatic carbocycles. The molecule has 112 valence electrons. The number of phenolic OH excluding ortho intramolecular Hbond substituents is 1. The Morgan fingerprint density at radius 3 is 2.20 bits per heavy atom. The summed E-state index contributed by atoms with van der Waals surface area (Å²) < 4.78 is 0. The lowest BCUT2D eigenvalue weighted by Crippen LogP contribution is -2.28. The number of aliphatic imine (C=N–C) groups is 1. The zero-order valence-electron chi connectivity index (χ0n) is 13.4. The molecule has 1 unspecified atom stereocenters. The monoisotopic (exact) mass is 277 g/mol. The highest BCUT2D eigenvalue weighted by Crippen LogP contribution is 2.32. The van der Waals surface area contributed by atoms with Crippen LogP contribution in [0.5, 0.6) is 5.75 Å². The molecular formula is C17H27NO2. The molecule has 0 saturated heterocycles. The maximum absolute atomic E-state index is 10.4. The van der Waals surface area contributed by atoms with Crippen LogP contribution in [0.3, 0.4) is 0 Å². The van der Waals surface area contributed by atoms with Crippen molar-refractivity contribution in [2.24, 2.45) is 10.4 Å². The molecule has 1 atom stereocenters. The molecule has 0 spiro atoms. The van der Waals surface area contributed by atoms with Crippen molar-refractivity contribution in [2.45, 2.75) is 53.0 Å². The summed E-state index contributed by atoms with van der Waals surface area (Å²) in [6.45, 7) is 12.3. The van der Waals surface area contributed by atoms with E-state index >= 15 is 0 Å². The number of hydrogen-bond acceptors (Lipinski definition) is 3. The molecule has 1 rings (SSSR count). The zero-order chi connectivity index (χ0) is 15.6. The van der Waals surface area contributed by atoms with Gasteiger partial charge in [-0.3, -0.25) is 4.99 Å². The summed E-state index contributed by atoms with van der Waals surface area (Å²) in [4.78, 5) is 4.43. The van der Waals surface area contributed by atoms with Crippen molar-refractivity contribution in [1.82, 2.24) is 0 Å². The van der Waals surface area contributed by atoms with E-state index in [1.807, 2.05) is 39.0 Å². The van der Waals surface area contributed by atoms with Gasteiger partial charge in [0.15, 0.2) is 0 Å². The number of nitrogens with zero attached hydrogens (tertiary/aromatic N) is 1. The molecule has 3 nitrogen and oxygen atoms in total. The minimum atomic E-state index is -0.180. The van der Waals surface area contributed by atoms with Crippen LogP contribution >= 0.6 is 0 Å². The van der Waals surface area contributed by atoms with Gasteiger partial charge >= 0.3 is 0 Å². The smallest absolute Gasteiger partial charge is 0.128 e. The summed E-state index contributed by atoms with van der Waals surface area (Å²) in [6.07, 6.45) is 1.66. The zero-order valence-corrected chi connectivity index (χ0v) is 13.4. The maximum atomic E-state index is 10.4. The largest absolute Gasteiger partial charge is 0.507 e. The van der Waals surface area contributed by atoms with Gasteiger partial charge in [0.2, 0.25) is 0 Å². The number of rotatable bonds is 3. The summed E-state index contributed by atoms with van der Waals surface area (Å²) in [7, 11) is 0. The molecule has 0 saturated carbocycles. The third-order valence-electron chi connectivity index (χ3n) is 3.44. The molecule has 0 aromatic heterocycles. The maximum Gasteiger partial charge on any atom is 0.128 e. The Hall–Kier alpha value is -1.35. The summed E-state index contributed by atoms with van der Waals surface area (Å²) in [6, 6.07) is 5.51. The summed E-state index contributed by atoms with van der Waals surface area (Å²) >= 11 is 0. The molecule has 0 bridgehead atoms. The molecule has 0 aliphatic heterocycles. The number of aliphatic hydroxyl groups excluding tert-OH is 1. The SMILES string of the molecule is CC(C)(C)c1cccc(C=NC(CO)C(C)(C)C)c1O. The van der Waals surface area contributed by atoms with E-state index in [0.717, 1.165) is 5.56 Å². The normalized spacial score (nSPS) is 14.8. The van der Waals surface area contributed by atoms with Gasteiger partial charge in [-0.1, -0.05) is 53.7 Å². The fraction of sp³-hybridized carbons (Fsp3) is 0.588. The van der Waals surface area contributed by atoms with Crippen molar-refractivity contribution in [3.63, 3.8) is 0 Å². The molecule has 0 aliphatic rings. The van der Waals surface area contributed by atoms with Crippen LogP contribution in [-0.2, 0) is 5.41 Å². The highest BCUT2D eigenvalue weighted by Gasteiger charge is 2.23. The Morgan fingerprint density at radius 1 is 1.15 bits per heavy atom. The number of benzene rings is 1. The van der Waals surface area contributed by atoms with Gasteiger partial charge in [-0.25, -0.2) is 0 Å². The molecule has 3 heteroatoms. The first-order valence-corrected chi connectivity index (χ1v) is 7.04. The van der Waals surface area contributed by atoms with E-state index in [1.165, 1.54) is 0 Å². The third kappa shape index (κ3) is 4.07. The average Bonchev–Trinajstić information content (AvgIpc) is 2.28. The van der Waals surface area contributed by atoms with Gasteiger partial charge in [-0.05, 0) is 22.5 Å². The molecule has 0 fully saturated rings. The number of para-hydroxylation sites is 1. The molecule has 1 aromatic rings. The first kappa shape index (κ1) is 16.7. The molecule has 0 heterocycles. The standard InChI is InChI=1S/C17H27NO2/c1-16(2,3)13-9-7-8-12(15(13)20)10-18-14(11-19)17(4,5)6/h7-10,14,19-20H,11H2,1-6H3. The molecule has 0 radical (unpaired) electrons. The van der Waals surface area contributed by atoms with Crippen LogP contribution in [-0.4, -0.2) is 29.1 Å². The quantitative estimate of drug-likeness (QED) is 0.831. The minimum absolute atomic E-state index is 0.000274. The molecular weight excluding hydrogens is 250 g/mol. The van der Waals surface area contributed by atoms with Crippen LogP contribution in [0.25, 0.3) is 0 Å². The topological polar surface area (TPSA) is 52.8 Å². The van der Waals surface area contributed by atoms with Gasteiger partial charge < -0.3 is 10.2 Å². The Bertz CT molecular complexity index is 479. The van der Waals surface area contributed by atoms with Gasteiger partial charge in [0.05, 0.1) is 12.6 Å². The minimum Gasteiger partial charge on any atom is -0.507 e. The third-order valence-corrected chi connectivity index (χ3v) is 3.44. The van der Waals surface area contributed by atoms with Gasteiger partial charge in [-0.15, -0.1) is 0 Å². The van der Waals surface area contributed by atoms with E-state index < -0.39 is 0 Å². The lowest BCUT2D eigenvalue weighted by atomic mass is 9.85. The lowest BCUT2D eigenvalue weighted by molar-refractivity contribution is 0.191. The number of hydrogen-bond donors (Lipinski definition) is 2. The van der Waals surface area contributed by atoms with Gasteiger partial charge in [0.1, 0.15) is 5.75 Å². The van der Waals surface area contributed by atoms with E-state index in [4.69, 9.17) is 0 Å². The van der Waals surface area contributed by atoms with Crippen LogP contribution < -0.4 is 0 Å². The van der Waals surface area contributed by atoms with Crippen molar-refractivity contribution in [3.8, 4) is 5.75 Å². The fourth-order valence-corrected chi connectivity index (χ4v) is 1.99. The van der Waals surface area contributed by atoms with Crippen molar-refractivity contribution in [2.75, 3.05) is 6.61 Å². The van der Waals surface area contributed by atoms with Gasteiger partial charge in [-0.2, -0.15) is 0 Å². The summed E-state index contributed by atoms with van der Waals surface area (Å²) in [5.74, 6) is 0.273. The Labute approximate surface area is 122 Å². The number of aliphatic hydroxyl groups is 1. The highest BCUT2D eigenvalue weighted by atomic mass is 16.3. The van der Waals surface area contributed by atoms with Crippen molar-refractivity contribution in [3.05, 3.63) is 29.3 Å². The summed E-state index contributed by atoms with van der Waals surface area (Å²) in [5, 5.41) is 19.8. The van der Waals surface area contributed by atoms with Crippen molar-refractivity contribution < 1.29 is 10.2 Å². The second-order valence-corrected chi connectivity index (χ2v) is 7.34. The van der Waals surface area contributed by atoms with Crippen LogP contribution in [0.15, 0.2) is 23.2 Å². The van der Waals surface area contributed by atoms with E-state index in [9.17, 15) is 10.2 Å². The predicted molar refractivity (Wildman–Crippen MR) is 84.7 cm³/mol. The fourth-order valence-electron chi connectivity index (χ4n) is 1.99. The van der Waals surface area contributed by atoms with Gasteiger partial charge in [0.25, 0.3) is 0 Å².